The largest absolute Gasteiger partial charge is 0.462 e. The fraction of sp³-hybridized carbons (Fsp3) is 0.158. The number of nitrogens with zero attached hydrogens (tertiary/aromatic N) is 1. The van der Waals surface area contributed by atoms with Gasteiger partial charge in [-0.15, -0.1) is 0 Å². The number of carbonyl (C=O) groups is 1. The minimum Gasteiger partial charge on any atom is -0.462 e. The summed E-state index contributed by atoms with van der Waals surface area (Å²) < 4.78 is 7.13. The smallest absolute Gasteiger partial charge is 0.338 e. The number of benzene rings is 2. The first-order chi connectivity index (χ1) is 10.8. The second-order valence-corrected chi connectivity index (χ2v) is 5.16. The van der Waals surface area contributed by atoms with Crippen LogP contribution in [-0.4, -0.2) is 12.6 Å². The molecule has 3 nitrogen and oxygen atoms in total. The highest BCUT2D eigenvalue weighted by Gasteiger charge is 2.08. The molecule has 0 unspecified atom stereocenters. The fourth-order valence-corrected chi connectivity index (χ4v) is 2.45. The second-order valence-electron chi connectivity index (χ2n) is 5.16. The van der Waals surface area contributed by atoms with Crippen molar-refractivity contribution in [3.05, 3.63) is 78.1 Å². The van der Waals surface area contributed by atoms with E-state index in [-0.39, 0.29) is 5.97 Å². The summed E-state index contributed by atoms with van der Waals surface area (Å²) in [5, 5.41) is 2.45. The van der Waals surface area contributed by atoms with E-state index in [0.717, 1.165) is 12.1 Å². The molecule has 0 amide bonds. The van der Waals surface area contributed by atoms with E-state index in [1.165, 1.54) is 10.8 Å². The van der Waals surface area contributed by atoms with Crippen molar-refractivity contribution in [3.8, 4) is 0 Å². The third kappa shape index (κ3) is 3.14. The molecule has 0 N–H and O–H groups in total. The average molecular weight is 292 g/mol. The van der Waals surface area contributed by atoms with E-state index in [1.54, 1.807) is 0 Å². The molecule has 0 aliphatic carbocycles. The molecule has 0 radical (unpaired) electrons. The van der Waals surface area contributed by atoms with Gasteiger partial charge in [-0.25, -0.2) is 9.36 Å². The molecule has 0 atom stereocenters. The molecule has 0 aliphatic rings. The lowest BCUT2D eigenvalue weighted by Crippen LogP contribution is -2.33. The molecule has 1 heterocycles. The van der Waals surface area contributed by atoms with Crippen molar-refractivity contribution in [1.82, 2.24) is 0 Å². The van der Waals surface area contributed by atoms with Gasteiger partial charge in [-0.1, -0.05) is 30.3 Å². The van der Waals surface area contributed by atoms with Gasteiger partial charge < -0.3 is 4.74 Å². The Morgan fingerprint density at radius 1 is 1.00 bits per heavy atom. The van der Waals surface area contributed by atoms with E-state index < -0.39 is 0 Å². The third-order valence-corrected chi connectivity index (χ3v) is 3.58. The Bertz CT molecular complexity index is 794. The first kappa shape index (κ1) is 14.3. The van der Waals surface area contributed by atoms with Crippen LogP contribution >= 0.6 is 0 Å². The summed E-state index contributed by atoms with van der Waals surface area (Å²) in [6, 6.07) is 18.0. The van der Waals surface area contributed by atoms with Crippen LogP contribution in [0.15, 0.2) is 67.0 Å². The van der Waals surface area contributed by atoms with Crippen LogP contribution in [0.3, 0.4) is 0 Å². The van der Waals surface area contributed by atoms with Crippen LogP contribution < -0.4 is 4.57 Å². The standard InChI is InChI=1S/C19H18NO2/c1-2-22-19(21)17-9-7-15(8-10-17)13-20-12-11-16-5-3-4-6-18(16)14-20/h3-12,14H,2,13H2,1H3/q+1. The topological polar surface area (TPSA) is 30.2 Å². The van der Waals surface area contributed by atoms with Gasteiger partial charge >= 0.3 is 5.97 Å². The normalized spacial score (nSPS) is 10.6. The Labute approximate surface area is 129 Å². The molecule has 0 bridgehead atoms. The van der Waals surface area contributed by atoms with Crippen LogP contribution in [0.2, 0.25) is 0 Å². The van der Waals surface area contributed by atoms with Crippen LogP contribution in [0.5, 0.6) is 0 Å². The predicted octanol–water partition coefficient (Wildman–Crippen LogP) is 3.35. The van der Waals surface area contributed by atoms with Crippen molar-refractivity contribution >= 4 is 16.7 Å². The lowest BCUT2D eigenvalue weighted by molar-refractivity contribution is -0.687. The average Bonchev–Trinajstić information content (AvgIpc) is 2.56. The molecule has 3 heteroatoms. The van der Waals surface area contributed by atoms with Crippen molar-refractivity contribution in [2.45, 2.75) is 13.5 Å². The molecule has 22 heavy (non-hydrogen) atoms. The number of esters is 1. The van der Waals surface area contributed by atoms with Gasteiger partial charge in [-0.3, -0.25) is 0 Å². The Balaban J connectivity index is 1.78. The maximum absolute atomic E-state index is 11.6. The summed E-state index contributed by atoms with van der Waals surface area (Å²) >= 11 is 0. The van der Waals surface area contributed by atoms with Crippen molar-refractivity contribution in [2.75, 3.05) is 6.61 Å². The van der Waals surface area contributed by atoms with Gasteiger partial charge in [0.15, 0.2) is 18.9 Å². The predicted molar refractivity (Wildman–Crippen MR) is 85.6 cm³/mol. The molecule has 0 saturated heterocycles. The third-order valence-electron chi connectivity index (χ3n) is 3.58. The van der Waals surface area contributed by atoms with Crippen LogP contribution in [-0.2, 0) is 11.3 Å². The zero-order valence-corrected chi connectivity index (χ0v) is 12.5. The summed E-state index contributed by atoms with van der Waals surface area (Å²) in [6.07, 6.45) is 4.20. The first-order valence-electron chi connectivity index (χ1n) is 7.40. The highest BCUT2D eigenvalue weighted by Crippen LogP contribution is 2.11. The maximum atomic E-state index is 11.6. The van der Waals surface area contributed by atoms with Crippen molar-refractivity contribution < 1.29 is 14.1 Å². The lowest BCUT2D eigenvalue weighted by Gasteiger charge is -2.03. The van der Waals surface area contributed by atoms with Crippen LogP contribution in [0.1, 0.15) is 22.8 Å². The summed E-state index contributed by atoms with van der Waals surface area (Å²) in [4.78, 5) is 11.6. The van der Waals surface area contributed by atoms with Crippen LogP contribution in [0, 0.1) is 0 Å². The molecule has 0 spiro atoms. The summed E-state index contributed by atoms with van der Waals surface area (Å²) in [6.45, 7) is 2.98. The van der Waals surface area contributed by atoms with Gasteiger partial charge in [0.2, 0.25) is 0 Å². The van der Waals surface area contributed by atoms with Gasteiger partial charge in [0.05, 0.1) is 12.2 Å². The molecule has 2 aromatic carbocycles. The van der Waals surface area contributed by atoms with E-state index in [4.69, 9.17) is 4.74 Å². The zero-order valence-electron chi connectivity index (χ0n) is 12.5. The Hall–Kier alpha value is -2.68. The van der Waals surface area contributed by atoms with E-state index >= 15 is 0 Å². The van der Waals surface area contributed by atoms with Gasteiger partial charge in [0.25, 0.3) is 0 Å². The molecule has 0 saturated carbocycles. The number of ether oxygens (including phenoxy) is 1. The van der Waals surface area contributed by atoms with Gasteiger partial charge in [-0.05, 0) is 30.5 Å². The minimum absolute atomic E-state index is 0.271. The summed E-state index contributed by atoms with van der Waals surface area (Å²) in [7, 11) is 0. The molecular weight excluding hydrogens is 274 g/mol. The second kappa shape index (κ2) is 6.39. The number of aromatic nitrogens is 1. The fourth-order valence-electron chi connectivity index (χ4n) is 2.45. The number of hydrogen-bond donors (Lipinski definition) is 0. The SMILES string of the molecule is CCOC(=O)c1ccc(C[n+]2ccc3ccccc3c2)cc1. The molecule has 3 aromatic rings. The van der Waals surface area contributed by atoms with E-state index in [0.29, 0.717) is 12.2 Å². The molecule has 1 aromatic heterocycles. The monoisotopic (exact) mass is 292 g/mol. The van der Waals surface area contributed by atoms with E-state index in [9.17, 15) is 4.79 Å². The number of hydrogen-bond acceptors (Lipinski definition) is 2. The summed E-state index contributed by atoms with van der Waals surface area (Å²) in [5.74, 6) is -0.271. The molecule has 0 aliphatic heterocycles. The number of carbonyl (C=O) groups excluding carboxylic acids is 1. The van der Waals surface area contributed by atoms with Crippen molar-refractivity contribution in [2.24, 2.45) is 0 Å². The van der Waals surface area contributed by atoms with Crippen LogP contribution in [0.4, 0.5) is 0 Å². The van der Waals surface area contributed by atoms with Crippen molar-refractivity contribution in [1.29, 1.82) is 0 Å². The zero-order chi connectivity index (χ0) is 15.4. The number of rotatable bonds is 4. The molecular formula is C19H18NO2+. The Morgan fingerprint density at radius 3 is 2.45 bits per heavy atom. The van der Waals surface area contributed by atoms with E-state index in [1.807, 2.05) is 43.3 Å². The summed E-state index contributed by atoms with van der Waals surface area (Å²) in [5.41, 5.74) is 1.74. The quantitative estimate of drug-likeness (QED) is 0.545. The highest BCUT2D eigenvalue weighted by atomic mass is 16.5. The molecule has 3 rings (SSSR count). The Morgan fingerprint density at radius 2 is 1.73 bits per heavy atom. The van der Waals surface area contributed by atoms with Gasteiger partial charge in [0.1, 0.15) is 0 Å². The number of pyridine rings is 1. The number of fused-ring (bicyclic) bond motifs is 1. The first-order valence-corrected chi connectivity index (χ1v) is 7.40. The van der Waals surface area contributed by atoms with Gasteiger partial charge in [-0.2, -0.15) is 0 Å². The van der Waals surface area contributed by atoms with E-state index in [2.05, 4.69) is 35.2 Å². The molecule has 0 fully saturated rings. The maximum Gasteiger partial charge on any atom is 0.338 e. The molecule has 110 valence electrons. The Kier molecular flexibility index (Phi) is 4.15. The lowest BCUT2D eigenvalue weighted by atomic mass is 10.1. The van der Waals surface area contributed by atoms with Crippen molar-refractivity contribution in [3.63, 3.8) is 0 Å². The highest BCUT2D eigenvalue weighted by molar-refractivity contribution is 5.89. The van der Waals surface area contributed by atoms with Crippen LogP contribution in [0.25, 0.3) is 10.8 Å². The van der Waals surface area contributed by atoms with Gasteiger partial charge in [0, 0.05) is 17.0 Å². The minimum atomic E-state index is -0.271.